The van der Waals surface area contributed by atoms with Gasteiger partial charge in [-0.05, 0) is 50.5 Å². The highest BCUT2D eigenvalue weighted by Gasteiger charge is 2.39. The van der Waals surface area contributed by atoms with Gasteiger partial charge >= 0.3 is 0 Å². The van der Waals surface area contributed by atoms with Crippen LogP contribution in [0.1, 0.15) is 24.5 Å². The first-order valence-electron chi connectivity index (χ1n) is 7.01. The van der Waals surface area contributed by atoms with Gasteiger partial charge in [-0.15, -0.1) is 0 Å². The number of rotatable bonds is 4. The summed E-state index contributed by atoms with van der Waals surface area (Å²) in [6.07, 6.45) is 0.431. The number of benzene rings is 1. The second-order valence-electron chi connectivity index (χ2n) is 6.11. The number of carbonyl (C=O) groups is 1. The van der Waals surface area contributed by atoms with Gasteiger partial charge in [0.05, 0.1) is 17.0 Å². The zero-order chi connectivity index (χ0) is 16.5. The molecule has 1 N–H and O–H groups in total. The van der Waals surface area contributed by atoms with Crippen molar-refractivity contribution in [2.75, 3.05) is 18.1 Å². The standard InChI is InChI=1S/C15H20ClNO4S/c1-10-6-12(7-11(2)14(10)16)21-8-13(18)17-15(3)4-5-22(19,20)9-15/h6-7H,4-5,8-9H2,1-3H3,(H,17,18). The Bertz CT molecular complexity index is 678. The number of nitrogens with one attached hydrogen (secondary N) is 1. The lowest BCUT2D eigenvalue weighted by atomic mass is 10.0. The number of aryl methyl sites for hydroxylation is 2. The Kier molecular flexibility index (Phi) is 4.73. The number of halogens is 1. The van der Waals surface area contributed by atoms with E-state index < -0.39 is 15.4 Å². The molecule has 1 aliphatic heterocycles. The zero-order valence-electron chi connectivity index (χ0n) is 12.9. The fraction of sp³-hybridized carbons (Fsp3) is 0.533. The van der Waals surface area contributed by atoms with Crippen LogP contribution in [0.3, 0.4) is 0 Å². The first kappa shape index (κ1) is 17.1. The normalized spacial score (nSPS) is 23.3. The van der Waals surface area contributed by atoms with Crippen LogP contribution in [0.4, 0.5) is 0 Å². The number of sulfone groups is 1. The molecule has 1 amide bonds. The van der Waals surface area contributed by atoms with Crippen LogP contribution in [-0.2, 0) is 14.6 Å². The van der Waals surface area contributed by atoms with Crippen molar-refractivity contribution in [1.82, 2.24) is 5.32 Å². The van der Waals surface area contributed by atoms with Crippen LogP contribution in [-0.4, -0.2) is 38.0 Å². The van der Waals surface area contributed by atoms with Crippen LogP contribution >= 0.6 is 11.6 Å². The molecule has 0 aliphatic carbocycles. The number of carbonyl (C=O) groups excluding carboxylic acids is 1. The third kappa shape index (κ3) is 4.14. The van der Waals surface area contributed by atoms with Gasteiger partial charge < -0.3 is 10.1 Å². The molecule has 0 saturated carbocycles. The number of amides is 1. The van der Waals surface area contributed by atoms with Gasteiger partial charge in [-0.25, -0.2) is 8.42 Å². The molecule has 1 aromatic carbocycles. The fourth-order valence-corrected chi connectivity index (χ4v) is 4.82. The quantitative estimate of drug-likeness (QED) is 0.906. The number of hydrogen-bond donors (Lipinski definition) is 1. The topological polar surface area (TPSA) is 72.5 Å². The Balaban J connectivity index is 1.94. The van der Waals surface area contributed by atoms with Crippen LogP contribution in [0.25, 0.3) is 0 Å². The second kappa shape index (κ2) is 6.08. The Hall–Kier alpha value is -1.27. The maximum atomic E-state index is 12.0. The van der Waals surface area contributed by atoms with Gasteiger partial charge in [0.1, 0.15) is 5.75 Å². The van der Waals surface area contributed by atoms with Crippen LogP contribution in [0.2, 0.25) is 5.02 Å². The van der Waals surface area contributed by atoms with E-state index in [1.54, 1.807) is 19.1 Å². The molecule has 2 rings (SSSR count). The predicted molar refractivity (Wildman–Crippen MR) is 86.2 cm³/mol. The Morgan fingerprint density at radius 1 is 1.36 bits per heavy atom. The van der Waals surface area contributed by atoms with E-state index in [9.17, 15) is 13.2 Å². The lowest BCUT2D eigenvalue weighted by molar-refractivity contribution is -0.124. The van der Waals surface area contributed by atoms with Crippen molar-refractivity contribution in [3.8, 4) is 5.75 Å². The minimum absolute atomic E-state index is 0.0229. The van der Waals surface area contributed by atoms with Crippen molar-refractivity contribution in [3.05, 3.63) is 28.3 Å². The molecule has 1 aliphatic rings. The molecule has 122 valence electrons. The monoisotopic (exact) mass is 345 g/mol. The predicted octanol–water partition coefficient (Wildman–Crippen LogP) is 2.03. The fourth-order valence-electron chi connectivity index (χ4n) is 2.62. The maximum absolute atomic E-state index is 12.0. The molecule has 7 heteroatoms. The largest absolute Gasteiger partial charge is 0.484 e. The molecule has 5 nitrogen and oxygen atoms in total. The van der Waals surface area contributed by atoms with Crippen molar-refractivity contribution in [2.45, 2.75) is 32.7 Å². The summed E-state index contributed by atoms with van der Waals surface area (Å²) in [6.45, 7) is 5.32. The van der Waals surface area contributed by atoms with Gasteiger partial charge in [0.25, 0.3) is 5.91 Å². The van der Waals surface area contributed by atoms with E-state index >= 15 is 0 Å². The molecule has 0 aromatic heterocycles. The maximum Gasteiger partial charge on any atom is 0.258 e. The molecule has 1 fully saturated rings. The van der Waals surface area contributed by atoms with E-state index in [2.05, 4.69) is 5.32 Å². The molecule has 0 bridgehead atoms. The van der Waals surface area contributed by atoms with Crippen LogP contribution in [0, 0.1) is 13.8 Å². The third-order valence-electron chi connectivity index (χ3n) is 3.72. The van der Waals surface area contributed by atoms with Crippen LogP contribution in [0.5, 0.6) is 5.75 Å². The Morgan fingerprint density at radius 3 is 2.45 bits per heavy atom. The Labute approximate surface area is 135 Å². The molecule has 1 heterocycles. The molecule has 1 atom stereocenters. The minimum Gasteiger partial charge on any atom is -0.484 e. The van der Waals surface area contributed by atoms with E-state index in [4.69, 9.17) is 16.3 Å². The summed E-state index contributed by atoms with van der Waals surface area (Å²) >= 11 is 6.08. The summed E-state index contributed by atoms with van der Waals surface area (Å²) in [4.78, 5) is 12.0. The van der Waals surface area contributed by atoms with E-state index in [1.807, 2.05) is 13.8 Å². The average Bonchev–Trinajstić information content (AvgIpc) is 2.67. The summed E-state index contributed by atoms with van der Waals surface area (Å²) in [7, 11) is -3.05. The minimum atomic E-state index is -3.05. The Morgan fingerprint density at radius 2 is 1.95 bits per heavy atom. The van der Waals surface area contributed by atoms with Crippen molar-refractivity contribution >= 4 is 27.3 Å². The molecule has 0 spiro atoms. The number of ether oxygens (including phenoxy) is 1. The highest BCUT2D eigenvalue weighted by atomic mass is 35.5. The second-order valence-corrected chi connectivity index (χ2v) is 8.67. The average molecular weight is 346 g/mol. The SMILES string of the molecule is Cc1cc(OCC(=O)NC2(C)CCS(=O)(=O)C2)cc(C)c1Cl. The van der Waals surface area contributed by atoms with Crippen LogP contribution in [0.15, 0.2) is 12.1 Å². The molecule has 1 unspecified atom stereocenters. The zero-order valence-corrected chi connectivity index (χ0v) is 14.5. The smallest absolute Gasteiger partial charge is 0.258 e. The lowest BCUT2D eigenvalue weighted by Gasteiger charge is -2.23. The van der Waals surface area contributed by atoms with Gasteiger partial charge in [0.15, 0.2) is 16.4 Å². The van der Waals surface area contributed by atoms with Gasteiger partial charge in [-0.3, -0.25) is 4.79 Å². The van der Waals surface area contributed by atoms with Crippen molar-refractivity contribution in [2.24, 2.45) is 0 Å². The highest BCUT2D eigenvalue weighted by Crippen LogP contribution is 2.26. The summed E-state index contributed by atoms with van der Waals surface area (Å²) in [5.41, 5.74) is 1.06. The molecular weight excluding hydrogens is 326 g/mol. The van der Waals surface area contributed by atoms with Gasteiger partial charge in [0, 0.05) is 5.02 Å². The molecule has 0 radical (unpaired) electrons. The number of hydrogen-bond acceptors (Lipinski definition) is 4. The van der Waals surface area contributed by atoms with Crippen molar-refractivity contribution < 1.29 is 17.9 Å². The molecule has 1 aromatic rings. The van der Waals surface area contributed by atoms with Crippen LogP contribution < -0.4 is 10.1 Å². The molecule has 1 saturated heterocycles. The summed E-state index contributed by atoms with van der Waals surface area (Å²) in [5.74, 6) is 0.328. The van der Waals surface area contributed by atoms with Gasteiger partial charge in [-0.1, -0.05) is 11.6 Å². The first-order valence-corrected chi connectivity index (χ1v) is 9.21. The first-order chi connectivity index (χ1) is 10.1. The van der Waals surface area contributed by atoms with Crippen molar-refractivity contribution in [1.29, 1.82) is 0 Å². The summed E-state index contributed by atoms with van der Waals surface area (Å²) < 4.78 is 28.5. The molecular formula is C15H20ClNO4S. The lowest BCUT2D eigenvalue weighted by Crippen LogP contribution is -2.48. The molecule has 22 heavy (non-hydrogen) atoms. The van der Waals surface area contributed by atoms with E-state index in [0.29, 0.717) is 17.2 Å². The summed E-state index contributed by atoms with van der Waals surface area (Å²) in [5, 5.41) is 3.43. The van der Waals surface area contributed by atoms with E-state index in [-0.39, 0.29) is 24.0 Å². The van der Waals surface area contributed by atoms with E-state index in [1.165, 1.54) is 0 Å². The van der Waals surface area contributed by atoms with Crippen molar-refractivity contribution in [3.63, 3.8) is 0 Å². The van der Waals surface area contributed by atoms with Gasteiger partial charge in [-0.2, -0.15) is 0 Å². The summed E-state index contributed by atoms with van der Waals surface area (Å²) in [6, 6.07) is 3.54. The third-order valence-corrected chi connectivity index (χ3v) is 6.22. The van der Waals surface area contributed by atoms with Gasteiger partial charge in [0.2, 0.25) is 0 Å². The highest BCUT2D eigenvalue weighted by molar-refractivity contribution is 7.91. The van der Waals surface area contributed by atoms with E-state index in [0.717, 1.165) is 11.1 Å².